The monoisotopic (exact) mass is 422 g/mol. The molecule has 0 saturated carbocycles. The highest BCUT2D eigenvalue weighted by molar-refractivity contribution is 6.10. The fourth-order valence-corrected chi connectivity index (χ4v) is 3.18. The molecule has 0 spiro atoms. The first-order valence-electron chi connectivity index (χ1n) is 9.86. The molecule has 0 amide bonds. The average Bonchev–Trinajstić information content (AvgIpc) is 2.69. The number of phenolic OH excluding ortho intramolecular Hbond substituents is 3. The first-order chi connectivity index (χ1) is 14.5. The maximum absolute atomic E-state index is 12.6. The Kier molecular flexibility index (Phi) is 5.95. The summed E-state index contributed by atoms with van der Waals surface area (Å²) in [6, 6.07) is 7.48. The zero-order chi connectivity index (χ0) is 22.8. The van der Waals surface area contributed by atoms with E-state index in [-0.39, 0.29) is 34.1 Å². The molecule has 6 heteroatoms. The van der Waals surface area contributed by atoms with Gasteiger partial charge in [0.2, 0.25) is 0 Å². The molecular formula is C25H26O6. The number of benzene rings is 2. The first kappa shape index (κ1) is 22.2. The zero-order valence-corrected chi connectivity index (χ0v) is 17.7. The molecule has 162 valence electrons. The summed E-state index contributed by atoms with van der Waals surface area (Å²) in [5.74, 6) is -0.804. The molecule has 0 fully saturated rings. The minimum absolute atomic E-state index is 0.0509. The van der Waals surface area contributed by atoms with Gasteiger partial charge >= 0.3 is 0 Å². The highest BCUT2D eigenvalue weighted by Gasteiger charge is 2.31. The summed E-state index contributed by atoms with van der Waals surface area (Å²) in [5, 5.41) is 40.3. The SMILES string of the molecule is CC(C)(O)/C=C/CC1(C)C=Cc2c(O)c(C(=O)/C=C/c3ccc(O)cc3)cc(O)c2O1. The summed E-state index contributed by atoms with van der Waals surface area (Å²) < 4.78 is 5.94. The maximum Gasteiger partial charge on any atom is 0.189 e. The summed E-state index contributed by atoms with van der Waals surface area (Å²) in [6.07, 6.45) is 10.1. The second-order valence-electron chi connectivity index (χ2n) is 8.33. The van der Waals surface area contributed by atoms with Crippen LogP contribution in [0, 0.1) is 0 Å². The number of ether oxygens (including phenoxy) is 1. The predicted molar refractivity (Wildman–Crippen MR) is 119 cm³/mol. The summed E-state index contributed by atoms with van der Waals surface area (Å²) in [4.78, 5) is 12.6. The number of carbonyl (C=O) groups is 1. The molecule has 1 aliphatic rings. The van der Waals surface area contributed by atoms with E-state index >= 15 is 0 Å². The molecule has 1 unspecified atom stereocenters. The van der Waals surface area contributed by atoms with E-state index in [2.05, 4.69) is 0 Å². The Balaban J connectivity index is 1.85. The van der Waals surface area contributed by atoms with Gasteiger partial charge in [0, 0.05) is 6.42 Å². The lowest BCUT2D eigenvalue weighted by Crippen LogP contribution is -2.31. The van der Waals surface area contributed by atoms with Crippen molar-refractivity contribution in [3.8, 4) is 23.0 Å². The summed E-state index contributed by atoms with van der Waals surface area (Å²) in [7, 11) is 0. The Bertz CT molecular complexity index is 1070. The minimum atomic E-state index is -0.948. The van der Waals surface area contributed by atoms with E-state index in [4.69, 9.17) is 4.74 Å². The lowest BCUT2D eigenvalue weighted by molar-refractivity contribution is 0.104. The van der Waals surface area contributed by atoms with Crippen LogP contribution >= 0.6 is 0 Å². The van der Waals surface area contributed by atoms with Crippen molar-refractivity contribution >= 4 is 17.9 Å². The van der Waals surface area contributed by atoms with Crippen LogP contribution < -0.4 is 4.74 Å². The highest BCUT2D eigenvalue weighted by Crippen LogP contribution is 2.45. The molecule has 0 aliphatic carbocycles. The van der Waals surface area contributed by atoms with Crippen molar-refractivity contribution in [1.29, 1.82) is 0 Å². The number of aliphatic hydroxyl groups is 1. The standard InChI is InChI=1S/C25H26O6/c1-24(2,30)12-4-13-25(3)14-11-18-22(29)19(15-21(28)23(18)31-25)20(27)10-7-16-5-8-17(26)9-6-16/h4-12,14-15,26,28-30H,13H2,1-3H3/b10-7+,12-4+. The maximum atomic E-state index is 12.6. The number of aromatic hydroxyl groups is 3. The van der Waals surface area contributed by atoms with Crippen LogP contribution in [0.5, 0.6) is 23.0 Å². The summed E-state index contributed by atoms with van der Waals surface area (Å²) in [6.45, 7) is 5.14. The molecule has 2 aromatic rings. The van der Waals surface area contributed by atoms with Crippen LogP contribution in [-0.4, -0.2) is 37.4 Å². The smallest absolute Gasteiger partial charge is 0.189 e. The molecule has 6 nitrogen and oxygen atoms in total. The number of hydrogen-bond donors (Lipinski definition) is 4. The largest absolute Gasteiger partial charge is 0.508 e. The number of hydrogen-bond acceptors (Lipinski definition) is 6. The van der Waals surface area contributed by atoms with Crippen LogP contribution in [0.2, 0.25) is 0 Å². The van der Waals surface area contributed by atoms with Crippen molar-refractivity contribution in [3.05, 3.63) is 71.3 Å². The first-order valence-corrected chi connectivity index (χ1v) is 9.86. The van der Waals surface area contributed by atoms with Gasteiger partial charge in [-0.2, -0.15) is 0 Å². The van der Waals surface area contributed by atoms with Crippen LogP contribution in [0.15, 0.2) is 54.6 Å². The zero-order valence-electron chi connectivity index (χ0n) is 17.7. The van der Waals surface area contributed by atoms with Crippen LogP contribution in [0.3, 0.4) is 0 Å². The number of allylic oxidation sites excluding steroid dienone is 1. The fraction of sp³-hybridized carbons (Fsp3) is 0.240. The number of fused-ring (bicyclic) bond motifs is 1. The van der Waals surface area contributed by atoms with Gasteiger partial charge in [0.05, 0.1) is 16.7 Å². The van der Waals surface area contributed by atoms with Gasteiger partial charge in [-0.3, -0.25) is 4.79 Å². The summed E-state index contributed by atoms with van der Waals surface area (Å²) in [5.41, 5.74) is -0.861. The molecule has 0 saturated heterocycles. The highest BCUT2D eigenvalue weighted by atomic mass is 16.5. The van der Waals surface area contributed by atoms with Crippen molar-refractivity contribution in [2.24, 2.45) is 0 Å². The lowest BCUT2D eigenvalue weighted by atomic mass is 9.93. The van der Waals surface area contributed by atoms with Gasteiger partial charge in [0.25, 0.3) is 0 Å². The molecule has 1 heterocycles. The normalized spacial score (nSPS) is 18.3. The molecule has 0 radical (unpaired) electrons. The van der Waals surface area contributed by atoms with Gasteiger partial charge in [-0.25, -0.2) is 0 Å². The Hall–Kier alpha value is -3.51. The number of phenols is 3. The fourth-order valence-electron chi connectivity index (χ4n) is 3.18. The Morgan fingerprint density at radius 2 is 1.84 bits per heavy atom. The van der Waals surface area contributed by atoms with Crippen molar-refractivity contribution in [3.63, 3.8) is 0 Å². The quantitative estimate of drug-likeness (QED) is 0.235. The van der Waals surface area contributed by atoms with Gasteiger partial charge in [0.15, 0.2) is 17.3 Å². The van der Waals surface area contributed by atoms with Crippen LogP contribution in [0.4, 0.5) is 0 Å². The molecule has 31 heavy (non-hydrogen) atoms. The van der Waals surface area contributed by atoms with Gasteiger partial charge in [-0.1, -0.05) is 30.4 Å². The molecule has 1 atom stereocenters. The molecule has 0 aromatic heterocycles. The van der Waals surface area contributed by atoms with Crippen molar-refractivity contribution in [2.75, 3.05) is 0 Å². The molecule has 0 bridgehead atoms. The molecule has 4 N–H and O–H groups in total. The molecule has 1 aliphatic heterocycles. The number of carbonyl (C=O) groups excluding carboxylic acids is 1. The van der Waals surface area contributed by atoms with E-state index in [0.717, 1.165) is 0 Å². The van der Waals surface area contributed by atoms with Gasteiger partial charge in [0.1, 0.15) is 17.1 Å². The third kappa shape index (κ3) is 5.35. The number of ketones is 1. The van der Waals surface area contributed by atoms with Crippen LogP contribution in [0.1, 0.15) is 48.7 Å². The Labute approximate surface area is 181 Å². The molecule has 2 aromatic carbocycles. The minimum Gasteiger partial charge on any atom is -0.508 e. The van der Waals surface area contributed by atoms with Crippen molar-refractivity contribution in [2.45, 2.75) is 38.4 Å². The van der Waals surface area contributed by atoms with E-state index in [1.807, 2.05) is 6.92 Å². The van der Waals surface area contributed by atoms with E-state index in [1.54, 1.807) is 56.4 Å². The van der Waals surface area contributed by atoms with E-state index in [9.17, 15) is 25.2 Å². The predicted octanol–water partition coefficient (Wildman–Crippen LogP) is 4.58. The second kappa shape index (κ2) is 8.32. The third-order valence-electron chi connectivity index (χ3n) is 4.84. The average molecular weight is 422 g/mol. The van der Waals surface area contributed by atoms with Crippen LogP contribution in [0.25, 0.3) is 12.2 Å². The molecule has 3 rings (SSSR count). The van der Waals surface area contributed by atoms with Gasteiger partial charge in [-0.05, 0) is 62.8 Å². The molecular weight excluding hydrogens is 396 g/mol. The van der Waals surface area contributed by atoms with Gasteiger partial charge in [-0.15, -0.1) is 0 Å². The van der Waals surface area contributed by atoms with E-state index in [0.29, 0.717) is 12.0 Å². The van der Waals surface area contributed by atoms with Crippen molar-refractivity contribution < 1.29 is 30.0 Å². The third-order valence-corrected chi connectivity index (χ3v) is 4.84. The number of rotatable bonds is 6. The Morgan fingerprint density at radius 1 is 1.16 bits per heavy atom. The summed E-state index contributed by atoms with van der Waals surface area (Å²) >= 11 is 0. The van der Waals surface area contributed by atoms with E-state index in [1.165, 1.54) is 24.3 Å². The second-order valence-corrected chi connectivity index (χ2v) is 8.33. The van der Waals surface area contributed by atoms with Gasteiger partial charge < -0.3 is 25.2 Å². The van der Waals surface area contributed by atoms with Crippen molar-refractivity contribution in [1.82, 2.24) is 0 Å². The Morgan fingerprint density at radius 3 is 2.48 bits per heavy atom. The van der Waals surface area contributed by atoms with E-state index < -0.39 is 17.0 Å². The topological polar surface area (TPSA) is 107 Å². The lowest BCUT2D eigenvalue weighted by Gasteiger charge is -2.32. The van der Waals surface area contributed by atoms with Crippen LogP contribution in [-0.2, 0) is 0 Å².